The minimum absolute atomic E-state index is 0.0959. The van der Waals surface area contributed by atoms with Crippen molar-refractivity contribution in [1.29, 1.82) is 0 Å². The Bertz CT molecular complexity index is 1270. The van der Waals surface area contributed by atoms with Crippen LogP contribution >= 0.6 is 0 Å². The molecule has 35 heavy (non-hydrogen) atoms. The Kier molecular flexibility index (Phi) is 5.69. The molecular formula is C22H19F4N5O4. The van der Waals surface area contributed by atoms with Crippen molar-refractivity contribution < 1.29 is 36.6 Å². The molecule has 0 spiro atoms. The van der Waals surface area contributed by atoms with Crippen LogP contribution in [0.4, 0.5) is 22.4 Å². The second-order valence-electron chi connectivity index (χ2n) is 8.53. The number of benzene rings is 2. The molecule has 13 heteroatoms. The zero-order chi connectivity index (χ0) is 24.7. The number of ether oxygens (including phenoxy) is 2. The largest absolute Gasteiger partial charge is 0.573 e. The van der Waals surface area contributed by atoms with Gasteiger partial charge in [0.25, 0.3) is 5.91 Å². The van der Waals surface area contributed by atoms with Crippen molar-refractivity contribution in [2.75, 3.05) is 26.2 Å². The van der Waals surface area contributed by atoms with Crippen LogP contribution < -0.4 is 4.74 Å². The number of fused-ring (bicyclic) bond motifs is 2. The van der Waals surface area contributed by atoms with E-state index < -0.39 is 24.0 Å². The lowest BCUT2D eigenvalue weighted by Crippen LogP contribution is -2.35. The van der Waals surface area contributed by atoms with Gasteiger partial charge in [-0.3, -0.25) is 4.79 Å². The molecule has 0 radical (unpaired) electrons. The third kappa shape index (κ3) is 4.84. The zero-order valence-corrected chi connectivity index (χ0v) is 18.1. The summed E-state index contributed by atoms with van der Waals surface area (Å²) in [6.45, 7) is 1.50. The normalized spacial score (nSPS) is 19.8. The number of nitrogens with zero attached hydrogens (tertiary/aromatic N) is 4. The summed E-state index contributed by atoms with van der Waals surface area (Å²) >= 11 is 0. The number of hydrogen-bond acceptors (Lipinski definition) is 6. The SMILES string of the molecule is O=C(OCc1ccc(OC(F)(F)F)c(F)c1)N1CC2CN(C(=O)c3ccc4n[nH]nc4c3)CC2C1. The van der Waals surface area contributed by atoms with Gasteiger partial charge in [-0.25, -0.2) is 9.18 Å². The first-order valence-electron chi connectivity index (χ1n) is 10.7. The van der Waals surface area contributed by atoms with E-state index in [-0.39, 0.29) is 29.9 Å². The highest BCUT2D eigenvalue weighted by atomic mass is 19.4. The summed E-state index contributed by atoms with van der Waals surface area (Å²) in [7, 11) is 0. The van der Waals surface area contributed by atoms with Crippen molar-refractivity contribution in [2.45, 2.75) is 13.0 Å². The first kappa shape index (κ1) is 22.9. The smallest absolute Gasteiger partial charge is 0.445 e. The number of H-pyrrole nitrogens is 1. The van der Waals surface area contributed by atoms with E-state index in [9.17, 15) is 27.2 Å². The van der Waals surface area contributed by atoms with E-state index in [2.05, 4.69) is 20.1 Å². The van der Waals surface area contributed by atoms with Gasteiger partial charge in [0.2, 0.25) is 0 Å². The van der Waals surface area contributed by atoms with E-state index in [1.807, 2.05) is 0 Å². The standard InChI is InChI=1S/C22H19F4N5O4/c23-16-5-12(1-4-19(16)35-22(24,25)26)11-34-21(33)31-9-14-7-30(8-15(14)10-31)20(32)13-2-3-17-18(6-13)28-29-27-17/h1-6,14-15H,7-11H2,(H,27,28,29). The molecule has 2 saturated heterocycles. The Hall–Kier alpha value is -3.90. The molecule has 9 nitrogen and oxygen atoms in total. The topological polar surface area (TPSA) is 101 Å². The minimum atomic E-state index is -5.01. The van der Waals surface area contributed by atoms with Crippen molar-refractivity contribution in [3.8, 4) is 5.75 Å². The van der Waals surface area contributed by atoms with Crippen LogP contribution in [0.1, 0.15) is 15.9 Å². The lowest BCUT2D eigenvalue weighted by molar-refractivity contribution is -0.275. The number of likely N-dealkylation sites (tertiary alicyclic amines) is 2. The van der Waals surface area contributed by atoms with Gasteiger partial charge in [-0.1, -0.05) is 6.07 Å². The van der Waals surface area contributed by atoms with Gasteiger partial charge < -0.3 is 19.3 Å². The van der Waals surface area contributed by atoms with Gasteiger partial charge in [-0.05, 0) is 35.9 Å². The molecule has 3 aromatic rings. The number of halogens is 4. The highest BCUT2D eigenvalue weighted by Crippen LogP contribution is 2.33. The summed E-state index contributed by atoms with van der Waals surface area (Å²) in [5.41, 5.74) is 1.97. The fraction of sp³-hybridized carbons (Fsp3) is 0.364. The first-order chi connectivity index (χ1) is 16.7. The molecule has 2 aromatic carbocycles. The van der Waals surface area contributed by atoms with Gasteiger partial charge in [0.15, 0.2) is 11.6 Å². The van der Waals surface area contributed by atoms with Gasteiger partial charge in [0.05, 0.1) is 0 Å². The molecule has 2 unspecified atom stereocenters. The summed E-state index contributed by atoms with van der Waals surface area (Å²) in [6, 6.07) is 7.96. The molecule has 0 bridgehead atoms. The average Bonchev–Trinajstić information content (AvgIpc) is 3.52. The van der Waals surface area contributed by atoms with Crippen LogP contribution in [0.5, 0.6) is 5.75 Å². The second-order valence-corrected chi connectivity index (χ2v) is 8.53. The Morgan fingerprint density at radius 3 is 2.34 bits per heavy atom. The number of carbonyl (C=O) groups excluding carboxylic acids is 2. The number of rotatable bonds is 4. The lowest BCUT2D eigenvalue weighted by atomic mass is 10.0. The summed E-state index contributed by atoms with van der Waals surface area (Å²) in [6.07, 6.45) is -5.61. The third-order valence-corrected chi connectivity index (χ3v) is 6.18. The predicted molar refractivity (Wildman–Crippen MR) is 112 cm³/mol. The monoisotopic (exact) mass is 493 g/mol. The predicted octanol–water partition coefficient (Wildman–Crippen LogP) is 3.34. The minimum Gasteiger partial charge on any atom is -0.445 e. The molecule has 3 heterocycles. The van der Waals surface area contributed by atoms with Crippen molar-refractivity contribution >= 4 is 23.0 Å². The molecule has 0 saturated carbocycles. The summed E-state index contributed by atoms with van der Waals surface area (Å²) in [5, 5.41) is 10.5. The fourth-order valence-electron chi connectivity index (χ4n) is 4.54. The molecule has 2 amide bonds. The first-order valence-corrected chi connectivity index (χ1v) is 10.7. The quantitative estimate of drug-likeness (QED) is 0.560. The zero-order valence-electron chi connectivity index (χ0n) is 18.1. The number of aromatic nitrogens is 3. The molecular weight excluding hydrogens is 474 g/mol. The lowest BCUT2D eigenvalue weighted by Gasteiger charge is -2.21. The Labute approximate surface area is 195 Å². The van der Waals surface area contributed by atoms with Crippen LogP contribution in [-0.4, -0.2) is 69.8 Å². The highest BCUT2D eigenvalue weighted by Gasteiger charge is 2.43. The van der Waals surface area contributed by atoms with E-state index in [4.69, 9.17) is 4.74 Å². The van der Waals surface area contributed by atoms with Crippen molar-refractivity contribution in [1.82, 2.24) is 25.2 Å². The van der Waals surface area contributed by atoms with Crippen molar-refractivity contribution in [3.63, 3.8) is 0 Å². The molecule has 2 aliphatic heterocycles. The van der Waals surface area contributed by atoms with E-state index in [1.54, 1.807) is 23.1 Å². The number of aromatic amines is 1. The van der Waals surface area contributed by atoms with E-state index in [1.165, 1.54) is 11.0 Å². The summed E-state index contributed by atoms with van der Waals surface area (Å²) in [5.74, 6) is -2.09. The molecule has 2 aliphatic rings. The highest BCUT2D eigenvalue weighted by molar-refractivity contribution is 5.97. The molecule has 5 rings (SSSR count). The number of hydrogen-bond donors (Lipinski definition) is 1. The number of nitrogens with one attached hydrogen (secondary N) is 1. The van der Waals surface area contributed by atoms with E-state index in [0.29, 0.717) is 42.8 Å². The maximum Gasteiger partial charge on any atom is 0.573 e. The molecule has 2 fully saturated rings. The van der Waals surface area contributed by atoms with Gasteiger partial charge in [0.1, 0.15) is 17.6 Å². The molecule has 2 atom stereocenters. The maximum absolute atomic E-state index is 13.8. The molecule has 0 aliphatic carbocycles. The van der Waals surface area contributed by atoms with Gasteiger partial charge in [0, 0.05) is 43.6 Å². The molecule has 1 aromatic heterocycles. The number of carbonyl (C=O) groups is 2. The Morgan fingerprint density at radius 1 is 0.971 bits per heavy atom. The second kappa shape index (κ2) is 8.71. The van der Waals surface area contributed by atoms with E-state index in [0.717, 1.165) is 12.1 Å². The maximum atomic E-state index is 13.8. The number of amides is 2. The van der Waals surface area contributed by atoms with Crippen LogP contribution in [0.3, 0.4) is 0 Å². The average molecular weight is 493 g/mol. The van der Waals surface area contributed by atoms with Crippen LogP contribution in [0.15, 0.2) is 36.4 Å². The van der Waals surface area contributed by atoms with Gasteiger partial charge >= 0.3 is 12.5 Å². The molecule has 1 N–H and O–H groups in total. The van der Waals surface area contributed by atoms with Crippen LogP contribution in [0.2, 0.25) is 0 Å². The molecule has 184 valence electrons. The summed E-state index contributed by atoms with van der Waals surface area (Å²) in [4.78, 5) is 28.7. The Balaban J connectivity index is 1.13. The van der Waals surface area contributed by atoms with Crippen LogP contribution in [-0.2, 0) is 11.3 Å². The Morgan fingerprint density at radius 2 is 1.66 bits per heavy atom. The van der Waals surface area contributed by atoms with Crippen molar-refractivity contribution in [2.24, 2.45) is 11.8 Å². The van der Waals surface area contributed by atoms with Crippen LogP contribution in [0.25, 0.3) is 11.0 Å². The van der Waals surface area contributed by atoms with E-state index >= 15 is 0 Å². The van der Waals surface area contributed by atoms with Gasteiger partial charge in [-0.2, -0.15) is 15.4 Å². The summed E-state index contributed by atoms with van der Waals surface area (Å²) < 4.78 is 59.4. The third-order valence-electron chi connectivity index (χ3n) is 6.18. The number of alkyl halides is 3. The van der Waals surface area contributed by atoms with Crippen molar-refractivity contribution in [3.05, 3.63) is 53.3 Å². The fourth-order valence-corrected chi connectivity index (χ4v) is 4.54. The van der Waals surface area contributed by atoms with Crippen LogP contribution in [0, 0.1) is 17.7 Å². The van der Waals surface area contributed by atoms with Gasteiger partial charge in [-0.15, -0.1) is 13.2 Å².